The number of aromatic nitrogens is 1. The van der Waals surface area contributed by atoms with Gasteiger partial charge in [0.1, 0.15) is 5.52 Å². The molecule has 0 atom stereocenters. The summed E-state index contributed by atoms with van der Waals surface area (Å²) >= 11 is 3.41. The van der Waals surface area contributed by atoms with Crippen LogP contribution in [0.15, 0.2) is 86.7 Å². The van der Waals surface area contributed by atoms with Crippen LogP contribution in [0.3, 0.4) is 0 Å². The minimum atomic E-state index is -0.404. The summed E-state index contributed by atoms with van der Waals surface area (Å²) in [5.41, 5.74) is 3.57. The molecule has 0 saturated heterocycles. The predicted octanol–water partition coefficient (Wildman–Crippen LogP) is 6.58. The molecule has 0 radical (unpaired) electrons. The van der Waals surface area contributed by atoms with Gasteiger partial charge >= 0.3 is 0 Å². The van der Waals surface area contributed by atoms with E-state index in [1.807, 2.05) is 42.5 Å². The van der Waals surface area contributed by atoms with Gasteiger partial charge in [0.25, 0.3) is 5.69 Å². The van der Waals surface area contributed by atoms with Crippen molar-refractivity contribution in [1.29, 1.82) is 0 Å². The zero-order valence-electron chi connectivity index (χ0n) is 15.0. The second kappa shape index (κ2) is 8.20. The van der Waals surface area contributed by atoms with Crippen molar-refractivity contribution in [3.63, 3.8) is 0 Å². The molecule has 7 heteroatoms. The largest absolute Gasteiger partial charge is 0.436 e. The van der Waals surface area contributed by atoms with Gasteiger partial charge in [-0.25, -0.2) is 4.98 Å². The monoisotopic (exact) mass is 447 g/mol. The normalized spacial score (nSPS) is 11.6. The maximum Gasteiger partial charge on any atom is 0.276 e. The fourth-order valence-corrected chi connectivity index (χ4v) is 3.05. The Morgan fingerprint density at radius 2 is 1.86 bits per heavy atom. The van der Waals surface area contributed by atoms with Gasteiger partial charge < -0.3 is 4.42 Å². The summed E-state index contributed by atoms with van der Waals surface area (Å²) in [7, 11) is 0. The molecule has 0 spiro atoms. The number of hydrogen-bond donors (Lipinski definition) is 0. The molecule has 0 N–H and O–H groups in total. The number of nitrogens with zero attached hydrogens (tertiary/aromatic N) is 3. The minimum absolute atomic E-state index is 0.0571. The third-order valence-corrected chi connectivity index (χ3v) is 4.71. The Bertz CT molecular complexity index is 1240. The van der Waals surface area contributed by atoms with Crippen molar-refractivity contribution in [3.05, 3.63) is 93.0 Å². The van der Waals surface area contributed by atoms with E-state index in [9.17, 15) is 10.1 Å². The molecule has 0 unspecified atom stereocenters. The second-order valence-electron chi connectivity index (χ2n) is 6.13. The van der Waals surface area contributed by atoms with Gasteiger partial charge in [0.05, 0.1) is 16.2 Å². The van der Waals surface area contributed by atoms with Crippen LogP contribution in [0, 0.1) is 10.1 Å². The quantitative estimate of drug-likeness (QED) is 0.196. The van der Waals surface area contributed by atoms with E-state index < -0.39 is 4.92 Å². The van der Waals surface area contributed by atoms with E-state index >= 15 is 0 Å². The Balaban J connectivity index is 1.54. The Morgan fingerprint density at radius 1 is 1.07 bits per heavy atom. The van der Waals surface area contributed by atoms with E-state index in [2.05, 4.69) is 25.9 Å². The summed E-state index contributed by atoms with van der Waals surface area (Å²) < 4.78 is 6.80. The molecule has 1 aromatic heterocycles. The van der Waals surface area contributed by atoms with E-state index in [1.54, 1.807) is 36.6 Å². The Kier molecular flexibility index (Phi) is 5.31. The highest BCUT2D eigenvalue weighted by atomic mass is 79.9. The van der Waals surface area contributed by atoms with Gasteiger partial charge in [-0.15, -0.1) is 0 Å². The number of oxazole rings is 1. The van der Waals surface area contributed by atoms with E-state index in [4.69, 9.17) is 4.42 Å². The lowest BCUT2D eigenvalue weighted by atomic mass is 10.1. The van der Waals surface area contributed by atoms with Crippen LogP contribution in [0.2, 0.25) is 0 Å². The number of rotatable bonds is 5. The van der Waals surface area contributed by atoms with E-state index in [-0.39, 0.29) is 5.69 Å². The van der Waals surface area contributed by atoms with Crippen LogP contribution in [-0.4, -0.2) is 16.1 Å². The Hall–Kier alpha value is -3.58. The van der Waals surface area contributed by atoms with Gasteiger partial charge in [0.15, 0.2) is 5.58 Å². The molecule has 4 aromatic rings. The highest BCUT2D eigenvalue weighted by molar-refractivity contribution is 9.10. The van der Waals surface area contributed by atoms with Crippen molar-refractivity contribution in [1.82, 2.24) is 4.98 Å². The molecule has 0 aliphatic heterocycles. The fraction of sp³-hybridized carbons (Fsp3) is 0. The number of halogens is 1. The average molecular weight is 448 g/mol. The highest BCUT2D eigenvalue weighted by Crippen LogP contribution is 2.28. The molecule has 0 fully saturated rings. The third kappa shape index (κ3) is 4.30. The van der Waals surface area contributed by atoms with Crippen molar-refractivity contribution >= 4 is 50.7 Å². The molecule has 29 heavy (non-hydrogen) atoms. The van der Waals surface area contributed by atoms with Crippen molar-refractivity contribution in [2.24, 2.45) is 4.99 Å². The van der Waals surface area contributed by atoms with Crippen molar-refractivity contribution in [3.8, 4) is 11.5 Å². The first-order valence-electron chi connectivity index (χ1n) is 8.71. The summed E-state index contributed by atoms with van der Waals surface area (Å²) in [5, 5.41) is 11.0. The standard InChI is InChI=1S/C22H14BrN3O3/c23-17-9-7-16(8-10-17)22-25-19-14-18(11-12-21(19)29-22)24-13-3-5-15-4-1-2-6-20(15)26(27)28/h1-14H. The van der Waals surface area contributed by atoms with Gasteiger partial charge in [0.2, 0.25) is 5.89 Å². The van der Waals surface area contributed by atoms with Crippen LogP contribution in [0.4, 0.5) is 11.4 Å². The lowest BCUT2D eigenvalue weighted by Crippen LogP contribution is -1.90. The van der Waals surface area contributed by atoms with Gasteiger partial charge in [-0.3, -0.25) is 15.1 Å². The number of nitro groups is 1. The van der Waals surface area contributed by atoms with E-state index in [1.165, 1.54) is 6.07 Å². The van der Waals surface area contributed by atoms with E-state index in [0.29, 0.717) is 28.2 Å². The number of allylic oxidation sites excluding steroid dienone is 1. The van der Waals surface area contributed by atoms with Crippen LogP contribution in [-0.2, 0) is 0 Å². The number of fused-ring (bicyclic) bond motifs is 1. The SMILES string of the molecule is O=[N+]([O-])c1ccccc1C=CC=Nc1ccc2oc(-c3ccc(Br)cc3)nc2c1. The summed E-state index contributed by atoms with van der Waals surface area (Å²) in [6.45, 7) is 0. The van der Waals surface area contributed by atoms with Gasteiger partial charge in [0, 0.05) is 22.3 Å². The molecular weight excluding hydrogens is 434 g/mol. The lowest BCUT2D eigenvalue weighted by Gasteiger charge is -1.95. The second-order valence-corrected chi connectivity index (χ2v) is 7.05. The van der Waals surface area contributed by atoms with E-state index in [0.717, 1.165) is 10.0 Å². The molecular formula is C22H14BrN3O3. The maximum absolute atomic E-state index is 11.0. The molecule has 0 aliphatic rings. The van der Waals surface area contributed by atoms with Crippen molar-refractivity contribution < 1.29 is 9.34 Å². The molecule has 4 rings (SSSR count). The number of nitro benzene ring substituents is 1. The highest BCUT2D eigenvalue weighted by Gasteiger charge is 2.09. The Labute approximate surface area is 174 Å². The van der Waals surface area contributed by atoms with Gasteiger partial charge in [-0.1, -0.05) is 28.1 Å². The van der Waals surface area contributed by atoms with Crippen LogP contribution in [0.5, 0.6) is 0 Å². The van der Waals surface area contributed by atoms with Gasteiger partial charge in [-0.05, 0) is 60.7 Å². The molecule has 0 bridgehead atoms. The predicted molar refractivity (Wildman–Crippen MR) is 117 cm³/mol. The topological polar surface area (TPSA) is 81.5 Å². The van der Waals surface area contributed by atoms with Gasteiger partial charge in [-0.2, -0.15) is 0 Å². The summed E-state index contributed by atoms with van der Waals surface area (Å²) in [5.74, 6) is 0.546. The number of benzene rings is 3. The van der Waals surface area contributed by atoms with Crippen molar-refractivity contribution in [2.75, 3.05) is 0 Å². The molecule has 3 aromatic carbocycles. The summed E-state index contributed by atoms with van der Waals surface area (Å²) in [6, 6.07) is 19.8. The molecule has 6 nitrogen and oxygen atoms in total. The third-order valence-electron chi connectivity index (χ3n) is 4.18. The van der Waals surface area contributed by atoms with Crippen LogP contribution in [0.25, 0.3) is 28.6 Å². The van der Waals surface area contributed by atoms with Crippen molar-refractivity contribution in [2.45, 2.75) is 0 Å². The molecule has 142 valence electrons. The molecule has 0 saturated carbocycles. The fourth-order valence-electron chi connectivity index (χ4n) is 2.78. The first-order chi connectivity index (χ1) is 14.1. The smallest absolute Gasteiger partial charge is 0.276 e. The average Bonchev–Trinajstić information content (AvgIpc) is 3.15. The number of hydrogen-bond acceptors (Lipinski definition) is 5. The number of para-hydroxylation sites is 1. The summed E-state index contributed by atoms with van der Waals surface area (Å²) in [4.78, 5) is 19.5. The first kappa shape index (κ1) is 18.8. The van der Waals surface area contributed by atoms with Crippen LogP contribution >= 0.6 is 15.9 Å². The summed E-state index contributed by atoms with van der Waals surface area (Å²) in [6.07, 6.45) is 4.91. The zero-order valence-corrected chi connectivity index (χ0v) is 16.6. The molecule has 0 amide bonds. The Morgan fingerprint density at radius 3 is 2.66 bits per heavy atom. The minimum Gasteiger partial charge on any atom is -0.436 e. The van der Waals surface area contributed by atoms with Crippen LogP contribution < -0.4 is 0 Å². The lowest BCUT2D eigenvalue weighted by molar-refractivity contribution is -0.385. The first-order valence-corrected chi connectivity index (χ1v) is 9.50. The van der Waals surface area contributed by atoms with Crippen LogP contribution in [0.1, 0.15) is 5.56 Å². The maximum atomic E-state index is 11.0. The zero-order chi connectivity index (χ0) is 20.2. The number of aliphatic imine (C=N–C) groups is 1. The molecule has 0 aliphatic carbocycles. The molecule has 1 heterocycles.